The highest BCUT2D eigenvalue weighted by Gasteiger charge is 2.24. The van der Waals surface area contributed by atoms with Gasteiger partial charge in [0.05, 0.1) is 11.5 Å². The second kappa shape index (κ2) is 8.21. The van der Waals surface area contributed by atoms with Crippen LogP contribution in [0.1, 0.15) is 12.6 Å². The quantitative estimate of drug-likeness (QED) is 0.631. The van der Waals surface area contributed by atoms with Gasteiger partial charge in [0.2, 0.25) is 10.0 Å². The second-order valence-electron chi connectivity index (χ2n) is 4.29. The molecule has 114 valence electrons. The first-order valence-electron chi connectivity index (χ1n) is 6.54. The maximum Gasteiger partial charge on any atom is 0.244 e. The van der Waals surface area contributed by atoms with E-state index in [4.69, 9.17) is 4.74 Å². The Morgan fingerprint density at radius 3 is 2.90 bits per heavy atom. The Bertz CT molecular complexity index is 511. The van der Waals surface area contributed by atoms with Crippen LogP contribution in [0, 0.1) is 0 Å². The Morgan fingerprint density at radius 1 is 1.55 bits per heavy atom. The molecule has 0 aliphatic rings. The zero-order chi connectivity index (χ0) is 15.0. The number of nitrogens with zero attached hydrogens (tertiary/aromatic N) is 1. The zero-order valence-corrected chi connectivity index (χ0v) is 12.9. The van der Waals surface area contributed by atoms with E-state index >= 15 is 0 Å². The number of sulfonamides is 1. The van der Waals surface area contributed by atoms with E-state index < -0.39 is 10.0 Å². The molecule has 0 unspecified atom stereocenters. The fourth-order valence-corrected chi connectivity index (χ4v) is 3.14. The minimum Gasteiger partial charge on any atom is -0.383 e. The normalized spacial score (nSPS) is 11.9. The van der Waals surface area contributed by atoms with Crippen molar-refractivity contribution in [3.05, 3.63) is 30.6 Å². The summed E-state index contributed by atoms with van der Waals surface area (Å²) in [7, 11) is -1.97. The number of H-pyrrole nitrogens is 1. The molecule has 0 bridgehead atoms. The third-order valence-corrected chi connectivity index (χ3v) is 4.64. The van der Waals surface area contributed by atoms with Crippen LogP contribution in [0.3, 0.4) is 0 Å². The third-order valence-electron chi connectivity index (χ3n) is 2.80. The first-order valence-corrected chi connectivity index (χ1v) is 7.98. The van der Waals surface area contributed by atoms with Gasteiger partial charge in [-0.1, -0.05) is 13.0 Å². The van der Waals surface area contributed by atoms with Crippen LogP contribution >= 0.6 is 0 Å². The first kappa shape index (κ1) is 16.9. The van der Waals surface area contributed by atoms with E-state index in [9.17, 15) is 8.42 Å². The van der Waals surface area contributed by atoms with Crippen molar-refractivity contribution in [2.45, 2.75) is 18.4 Å². The van der Waals surface area contributed by atoms with Gasteiger partial charge in [-0.15, -0.1) is 6.58 Å². The lowest BCUT2D eigenvalue weighted by atomic mass is 10.4. The van der Waals surface area contributed by atoms with Crippen molar-refractivity contribution in [3.63, 3.8) is 0 Å². The summed E-state index contributed by atoms with van der Waals surface area (Å²) in [5.41, 5.74) is 0.843. The van der Waals surface area contributed by atoms with E-state index in [0.29, 0.717) is 19.7 Å². The van der Waals surface area contributed by atoms with Crippen molar-refractivity contribution >= 4 is 10.0 Å². The summed E-state index contributed by atoms with van der Waals surface area (Å²) in [4.78, 5) is 3.24. The van der Waals surface area contributed by atoms with E-state index in [0.717, 1.165) is 12.2 Å². The highest BCUT2D eigenvalue weighted by molar-refractivity contribution is 7.89. The van der Waals surface area contributed by atoms with Crippen LogP contribution in [0.5, 0.6) is 0 Å². The largest absolute Gasteiger partial charge is 0.383 e. The average molecular weight is 301 g/mol. The summed E-state index contributed by atoms with van der Waals surface area (Å²) in [6.45, 7) is 7.96. The summed E-state index contributed by atoms with van der Waals surface area (Å²) < 4.78 is 31.3. The number of hydrogen-bond acceptors (Lipinski definition) is 4. The van der Waals surface area contributed by atoms with Crippen molar-refractivity contribution < 1.29 is 13.2 Å². The summed E-state index contributed by atoms with van der Waals surface area (Å²) in [5, 5.41) is 3.14. The molecule has 20 heavy (non-hydrogen) atoms. The molecule has 0 saturated carbocycles. The molecule has 1 rings (SSSR count). The fraction of sp³-hybridized carbons (Fsp3) is 0.538. The van der Waals surface area contributed by atoms with Gasteiger partial charge in [-0.25, -0.2) is 8.42 Å². The third kappa shape index (κ3) is 4.45. The molecule has 0 saturated heterocycles. The van der Waals surface area contributed by atoms with Gasteiger partial charge in [0.1, 0.15) is 0 Å². The lowest BCUT2D eigenvalue weighted by Crippen LogP contribution is -2.33. The number of hydrogen-bond donors (Lipinski definition) is 2. The summed E-state index contributed by atoms with van der Waals surface area (Å²) in [5.74, 6) is 0. The molecule has 0 spiro atoms. The van der Waals surface area contributed by atoms with Gasteiger partial charge in [0, 0.05) is 38.6 Å². The molecule has 1 heterocycles. The minimum absolute atomic E-state index is 0.263. The number of ether oxygens (including phenoxy) is 1. The van der Waals surface area contributed by atoms with E-state index in [1.165, 1.54) is 10.5 Å². The lowest BCUT2D eigenvalue weighted by Gasteiger charge is -2.19. The van der Waals surface area contributed by atoms with Gasteiger partial charge in [-0.3, -0.25) is 0 Å². The molecule has 6 nitrogen and oxygen atoms in total. The maximum absolute atomic E-state index is 12.5. The molecule has 1 aromatic heterocycles. The van der Waals surface area contributed by atoms with Crippen LogP contribution in [-0.4, -0.2) is 51.1 Å². The molecule has 1 aromatic rings. The summed E-state index contributed by atoms with van der Waals surface area (Å²) >= 11 is 0. The fourth-order valence-electron chi connectivity index (χ4n) is 1.73. The molecule has 0 aliphatic carbocycles. The molecule has 0 amide bonds. The van der Waals surface area contributed by atoms with E-state index in [1.54, 1.807) is 19.3 Å². The number of aromatic amines is 1. The monoisotopic (exact) mass is 301 g/mol. The molecule has 0 aliphatic heterocycles. The Kier molecular flexibility index (Phi) is 6.94. The van der Waals surface area contributed by atoms with E-state index in [2.05, 4.69) is 16.9 Å². The molecule has 0 aromatic carbocycles. The zero-order valence-electron chi connectivity index (χ0n) is 12.1. The van der Waals surface area contributed by atoms with Crippen LogP contribution in [0.4, 0.5) is 0 Å². The Labute approximate surface area is 120 Å². The van der Waals surface area contributed by atoms with Gasteiger partial charge in [-0.2, -0.15) is 4.31 Å². The number of methoxy groups -OCH3 is 1. The topological polar surface area (TPSA) is 74.4 Å². The average Bonchev–Trinajstić information content (AvgIpc) is 2.90. The number of nitrogens with one attached hydrogen (secondary N) is 2. The molecular weight excluding hydrogens is 278 g/mol. The van der Waals surface area contributed by atoms with Crippen LogP contribution in [0.15, 0.2) is 29.8 Å². The highest BCUT2D eigenvalue weighted by Crippen LogP contribution is 2.16. The minimum atomic E-state index is -3.52. The lowest BCUT2D eigenvalue weighted by molar-refractivity contribution is 0.182. The van der Waals surface area contributed by atoms with Gasteiger partial charge < -0.3 is 15.0 Å². The van der Waals surface area contributed by atoms with Gasteiger partial charge in [0.25, 0.3) is 0 Å². The molecular formula is C13H23N3O3S. The van der Waals surface area contributed by atoms with Crippen molar-refractivity contribution in [3.8, 4) is 0 Å². The number of aromatic nitrogens is 1. The SMILES string of the molecule is C=CCN(CCOC)S(=O)(=O)c1c[nH]c(CNCC)c1. The Morgan fingerprint density at radius 2 is 2.30 bits per heavy atom. The van der Waals surface area contributed by atoms with Gasteiger partial charge in [-0.05, 0) is 12.6 Å². The van der Waals surface area contributed by atoms with Crippen LogP contribution in [-0.2, 0) is 21.3 Å². The van der Waals surface area contributed by atoms with Crippen molar-refractivity contribution in [2.24, 2.45) is 0 Å². The van der Waals surface area contributed by atoms with E-state index in [-0.39, 0.29) is 11.4 Å². The molecule has 0 radical (unpaired) electrons. The molecule has 2 N–H and O–H groups in total. The summed E-state index contributed by atoms with van der Waals surface area (Å²) in [6.07, 6.45) is 3.09. The van der Waals surface area contributed by atoms with Crippen LogP contribution < -0.4 is 5.32 Å². The second-order valence-corrected chi connectivity index (χ2v) is 6.22. The van der Waals surface area contributed by atoms with Gasteiger partial charge in [0.15, 0.2) is 0 Å². The van der Waals surface area contributed by atoms with Crippen molar-refractivity contribution in [1.29, 1.82) is 0 Å². The van der Waals surface area contributed by atoms with Gasteiger partial charge >= 0.3 is 0 Å². The highest BCUT2D eigenvalue weighted by atomic mass is 32.2. The Balaban J connectivity index is 2.88. The molecule has 7 heteroatoms. The smallest absolute Gasteiger partial charge is 0.244 e. The predicted octanol–water partition coefficient (Wildman–Crippen LogP) is 0.947. The van der Waals surface area contributed by atoms with Crippen LogP contribution in [0.25, 0.3) is 0 Å². The Hall–Kier alpha value is -1.15. The molecule has 0 fully saturated rings. The maximum atomic E-state index is 12.5. The number of rotatable bonds is 10. The van der Waals surface area contributed by atoms with Crippen LogP contribution in [0.2, 0.25) is 0 Å². The van der Waals surface area contributed by atoms with Crippen molar-refractivity contribution in [2.75, 3.05) is 33.4 Å². The van der Waals surface area contributed by atoms with E-state index in [1.807, 2.05) is 6.92 Å². The molecule has 0 atom stereocenters. The van der Waals surface area contributed by atoms with Crippen molar-refractivity contribution in [1.82, 2.24) is 14.6 Å². The predicted molar refractivity (Wildman–Crippen MR) is 79.0 cm³/mol. The summed E-state index contributed by atoms with van der Waals surface area (Å²) in [6, 6.07) is 1.65. The standard InChI is InChI=1S/C13H23N3O3S/c1-4-6-16(7-8-19-3)20(17,18)13-9-12(15-11-13)10-14-5-2/h4,9,11,14-15H,1,5-8,10H2,2-3H3. The first-order chi connectivity index (χ1) is 9.56.